The summed E-state index contributed by atoms with van der Waals surface area (Å²) < 4.78 is 0. The fourth-order valence-electron chi connectivity index (χ4n) is 1.06. The van der Waals surface area contributed by atoms with Crippen molar-refractivity contribution in [3.63, 3.8) is 0 Å². The van der Waals surface area contributed by atoms with E-state index >= 15 is 0 Å². The molecule has 1 amide bonds. The van der Waals surface area contributed by atoms with Gasteiger partial charge in [-0.1, -0.05) is 18.2 Å². The molecule has 0 unspecified atom stereocenters. The van der Waals surface area contributed by atoms with Gasteiger partial charge in [0.05, 0.1) is 5.54 Å². The number of hydrogen-bond donors (Lipinski definition) is 3. The molecule has 1 aromatic carbocycles. The lowest BCUT2D eigenvalue weighted by atomic mass is 10.0. The molecule has 0 aliphatic rings. The highest BCUT2D eigenvalue weighted by Crippen LogP contribution is 2.16. The second kappa shape index (κ2) is 4.31. The molecule has 0 spiro atoms. The van der Waals surface area contributed by atoms with Crippen molar-refractivity contribution in [1.82, 2.24) is 5.32 Å². The fraction of sp³-hybridized carbons (Fsp3) is 0.364. The van der Waals surface area contributed by atoms with Crippen molar-refractivity contribution in [2.45, 2.75) is 25.9 Å². The van der Waals surface area contributed by atoms with Crippen LogP contribution in [0.2, 0.25) is 0 Å². The number of amides is 1. The molecular weight excluding hydrogens is 192 g/mol. The molecule has 0 aliphatic heterocycles. The Bertz CT molecular complexity index is 361. The number of aromatic hydroxyl groups is 1. The van der Waals surface area contributed by atoms with E-state index in [1.807, 2.05) is 6.07 Å². The molecule has 1 rings (SSSR count). The summed E-state index contributed by atoms with van der Waals surface area (Å²) in [4.78, 5) is 11.0. The second-order valence-corrected chi connectivity index (χ2v) is 3.97. The van der Waals surface area contributed by atoms with Crippen LogP contribution in [0.1, 0.15) is 19.4 Å². The Hall–Kier alpha value is -1.55. The molecule has 1 aromatic rings. The minimum absolute atomic E-state index is 0.213. The molecule has 0 bridgehead atoms. The zero-order valence-corrected chi connectivity index (χ0v) is 8.95. The summed E-state index contributed by atoms with van der Waals surface area (Å²) in [6.07, 6.45) is 0. The number of carbonyl (C=O) groups excluding carboxylic acids is 1. The number of nitrogens with one attached hydrogen (secondary N) is 1. The Kier molecular flexibility index (Phi) is 3.31. The molecule has 4 nitrogen and oxygen atoms in total. The highest BCUT2D eigenvalue weighted by molar-refractivity contribution is 5.83. The standard InChI is InChI=1S/C11H16N2O2/c1-11(2,10(12)15)13-7-8-5-3-4-6-9(8)14/h3-6,13-14H,7H2,1-2H3,(H2,12,15). The number of benzene rings is 1. The first-order chi connectivity index (χ1) is 6.93. The summed E-state index contributed by atoms with van der Waals surface area (Å²) in [5.74, 6) is -0.205. The van der Waals surface area contributed by atoms with Crippen molar-refractivity contribution in [2.75, 3.05) is 0 Å². The quantitative estimate of drug-likeness (QED) is 0.683. The van der Waals surface area contributed by atoms with Crippen LogP contribution in [0.4, 0.5) is 0 Å². The average Bonchev–Trinajstić information content (AvgIpc) is 2.16. The minimum Gasteiger partial charge on any atom is -0.508 e. The summed E-state index contributed by atoms with van der Waals surface area (Å²) in [6.45, 7) is 3.81. The number of primary amides is 1. The largest absolute Gasteiger partial charge is 0.508 e. The third-order valence-corrected chi connectivity index (χ3v) is 2.33. The van der Waals surface area contributed by atoms with Crippen LogP contribution in [0, 0.1) is 0 Å². The number of rotatable bonds is 4. The van der Waals surface area contributed by atoms with E-state index in [1.54, 1.807) is 32.0 Å². The molecule has 0 aromatic heterocycles. The van der Waals surface area contributed by atoms with Crippen molar-refractivity contribution in [3.05, 3.63) is 29.8 Å². The van der Waals surface area contributed by atoms with Crippen molar-refractivity contribution >= 4 is 5.91 Å². The predicted molar refractivity (Wildman–Crippen MR) is 58.2 cm³/mol. The van der Waals surface area contributed by atoms with Crippen LogP contribution < -0.4 is 11.1 Å². The fourth-order valence-corrected chi connectivity index (χ4v) is 1.06. The Morgan fingerprint density at radius 1 is 1.47 bits per heavy atom. The van der Waals surface area contributed by atoms with E-state index in [0.717, 1.165) is 5.56 Å². The lowest BCUT2D eigenvalue weighted by molar-refractivity contribution is -0.123. The van der Waals surface area contributed by atoms with Crippen molar-refractivity contribution in [3.8, 4) is 5.75 Å². The summed E-state index contributed by atoms with van der Waals surface area (Å²) >= 11 is 0. The minimum atomic E-state index is -0.776. The van der Waals surface area contributed by atoms with Crippen LogP contribution in [-0.4, -0.2) is 16.6 Å². The second-order valence-electron chi connectivity index (χ2n) is 3.97. The maximum absolute atomic E-state index is 11.0. The molecule has 0 saturated carbocycles. The van der Waals surface area contributed by atoms with Gasteiger partial charge in [-0.3, -0.25) is 10.1 Å². The maximum Gasteiger partial charge on any atom is 0.237 e. The predicted octanol–water partition coefficient (Wildman–Crippen LogP) is 0.746. The molecular formula is C11H16N2O2. The summed E-state index contributed by atoms with van der Waals surface area (Å²) in [6, 6.07) is 6.97. The van der Waals surface area contributed by atoms with E-state index in [1.165, 1.54) is 0 Å². The smallest absolute Gasteiger partial charge is 0.237 e. The van der Waals surface area contributed by atoms with E-state index < -0.39 is 11.4 Å². The van der Waals surface area contributed by atoms with Crippen LogP contribution in [0.25, 0.3) is 0 Å². The molecule has 4 heteroatoms. The van der Waals surface area contributed by atoms with Gasteiger partial charge < -0.3 is 10.8 Å². The molecule has 0 radical (unpaired) electrons. The lowest BCUT2D eigenvalue weighted by Crippen LogP contribution is -2.50. The number of nitrogens with two attached hydrogens (primary N) is 1. The summed E-state index contributed by atoms with van der Waals surface area (Å²) in [5, 5.41) is 12.5. The molecule has 82 valence electrons. The number of para-hydroxylation sites is 1. The Morgan fingerprint density at radius 2 is 2.07 bits per heavy atom. The van der Waals surface area contributed by atoms with Crippen molar-refractivity contribution in [2.24, 2.45) is 5.73 Å². The molecule has 4 N–H and O–H groups in total. The van der Waals surface area contributed by atoms with E-state index in [0.29, 0.717) is 6.54 Å². The third kappa shape index (κ3) is 2.95. The third-order valence-electron chi connectivity index (χ3n) is 2.33. The van der Waals surface area contributed by atoms with Crippen LogP contribution >= 0.6 is 0 Å². The van der Waals surface area contributed by atoms with Crippen LogP contribution in [-0.2, 0) is 11.3 Å². The zero-order valence-electron chi connectivity index (χ0n) is 8.95. The lowest BCUT2D eigenvalue weighted by Gasteiger charge is -2.22. The van der Waals surface area contributed by atoms with Gasteiger partial charge in [-0.05, 0) is 19.9 Å². The maximum atomic E-state index is 11.0. The Morgan fingerprint density at radius 3 is 2.60 bits per heavy atom. The molecule has 15 heavy (non-hydrogen) atoms. The number of phenols is 1. The topological polar surface area (TPSA) is 75.3 Å². The van der Waals surface area contributed by atoms with E-state index in [9.17, 15) is 9.90 Å². The summed E-state index contributed by atoms with van der Waals surface area (Å²) in [7, 11) is 0. The van der Waals surface area contributed by atoms with Crippen molar-refractivity contribution in [1.29, 1.82) is 0 Å². The highest BCUT2D eigenvalue weighted by Gasteiger charge is 2.23. The van der Waals surface area contributed by atoms with Gasteiger partial charge in [0.1, 0.15) is 5.75 Å². The Labute approximate surface area is 89.1 Å². The normalized spacial score (nSPS) is 11.3. The van der Waals surface area contributed by atoms with Crippen molar-refractivity contribution < 1.29 is 9.90 Å². The van der Waals surface area contributed by atoms with Gasteiger partial charge in [0.25, 0.3) is 0 Å². The SMILES string of the molecule is CC(C)(NCc1ccccc1O)C(N)=O. The van der Waals surface area contributed by atoms with Crippen LogP contribution in [0.5, 0.6) is 5.75 Å². The van der Waals surface area contributed by atoms with Gasteiger partial charge >= 0.3 is 0 Å². The number of phenolic OH excluding ortho intramolecular Hbond substituents is 1. The van der Waals surface area contributed by atoms with E-state index in [-0.39, 0.29) is 5.75 Å². The van der Waals surface area contributed by atoms with Gasteiger partial charge in [-0.15, -0.1) is 0 Å². The first kappa shape index (κ1) is 11.5. The molecule has 0 heterocycles. The molecule has 0 aliphatic carbocycles. The molecule has 0 atom stereocenters. The molecule has 0 saturated heterocycles. The van der Waals surface area contributed by atoms with Gasteiger partial charge in [-0.2, -0.15) is 0 Å². The highest BCUT2D eigenvalue weighted by atomic mass is 16.3. The van der Waals surface area contributed by atoms with Gasteiger partial charge in [-0.25, -0.2) is 0 Å². The van der Waals surface area contributed by atoms with E-state index in [4.69, 9.17) is 5.73 Å². The van der Waals surface area contributed by atoms with Crippen LogP contribution in [0.3, 0.4) is 0 Å². The van der Waals surface area contributed by atoms with E-state index in [2.05, 4.69) is 5.32 Å². The zero-order chi connectivity index (χ0) is 11.5. The van der Waals surface area contributed by atoms with Crippen LogP contribution in [0.15, 0.2) is 24.3 Å². The summed E-state index contributed by atoms with van der Waals surface area (Å²) in [5.41, 5.74) is 5.18. The first-order valence-electron chi connectivity index (χ1n) is 4.75. The monoisotopic (exact) mass is 208 g/mol. The van der Waals surface area contributed by atoms with Gasteiger partial charge in [0.2, 0.25) is 5.91 Å². The van der Waals surface area contributed by atoms with Gasteiger partial charge in [0.15, 0.2) is 0 Å². The number of hydrogen-bond acceptors (Lipinski definition) is 3. The Balaban J connectivity index is 2.66. The number of carbonyl (C=O) groups is 1. The van der Waals surface area contributed by atoms with Gasteiger partial charge in [0, 0.05) is 12.1 Å². The molecule has 0 fully saturated rings. The average molecular weight is 208 g/mol. The first-order valence-corrected chi connectivity index (χ1v) is 4.75.